The van der Waals surface area contributed by atoms with Gasteiger partial charge in [0.1, 0.15) is 0 Å². The minimum absolute atomic E-state index is 0.198. The Hall–Kier alpha value is -1.39. The van der Waals surface area contributed by atoms with Gasteiger partial charge in [-0.05, 0) is 19.3 Å². The number of hydrogen-bond acceptors (Lipinski definition) is 3. The molecule has 1 heterocycles. The molecule has 1 N–H and O–H groups in total. The summed E-state index contributed by atoms with van der Waals surface area (Å²) in [7, 11) is 0. The number of carbonyl (C=O) groups is 3. The molecule has 1 aliphatic carbocycles. The Balaban J connectivity index is 1.78. The van der Waals surface area contributed by atoms with Crippen LogP contribution in [0.2, 0.25) is 0 Å². The van der Waals surface area contributed by atoms with E-state index in [1.165, 1.54) is 12.8 Å². The van der Waals surface area contributed by atoms with Gasteiger partial charge in [-0.3, -0.25) is 19.8 Å². The van der Waals surface area contributed by atoms with Crippen LogP contribution in [0.15, 0.2) is 0 Å². The van der Waals surface area contributed by atoms with Gasteiger partial charge in [0.05, 0.1) is 11.8 Å². The monoisotopic (exact) mass is 294 g/mol. The number of hydrogen-bond donors (Lipinski definition) is 1. The molecule has 1 saturated carbocycles. The van der Waals surface area contributed by atoms with E-state index in [1.807, 2.05) is 0 Å². The number of carbonyl (C=O) groups excluding carboxylic acids is 3. The summed E-state index contributed by atoms with van der Waals surface area (Å²) in [5, 5.41) is 0.995. The quantitative estimate of drug-likeness (QED) is 0.579. The van der Waals surface area contributed by atoms with Crippen LogP contribution in [0, 0.1) is 11.8 Å². The highest BCUT2D eigenvalue weighted by Crippen LogP contribution is 2.37. The average molecular weight is 294 g/mol. The minimum atomic E-state index is -0.216. The first kappa shape index (κ1) is 16.0. The lowest BCUT2D eigenvalue weighted by molar-refractivity contribution is -0.149. The number of unbranched alkanes of at least 4 members (excludes halogenated alkanes) is 4. The number of rotatable bonds is 7. The zero-order valence-corrected chi connectivity index (χ0v) is 12.9. The van der Waals surface area contributed by atoms with Gasteiger partial charge in [-0.2, -0.15) is 5.01 Å². The second kappa shape index (κ2) is 7.57. The molecule has 0 bridgehead atoms. The molecule has 0 spiro atoms. The number of nitrogens with one attached hydrogen (secondary N) is 1. The molecule has 1 saturated heterocycles. The van der Waals surface area contributed by atoms with E-state index in [0.717, 1.165) is 50.0 Å². The smallest absolute Gasteiger partial charge is 0.252 e. The number of amides is 3. The summed E-state index contributed by atoms with van der Waals surface area (Å²) in [4.78, 5) is 36.3. The van der Waals surface area contributed by atoms with Crippen molar-refractivity contribution in [2.45, 2.75) is 71.1 Å². The molecule has 0 unspecified atom stereocenters. The van der Waals surface area contributed by atoms with Crippen molar-refractivity contribution >= 4 is 17.7 Å². The average Bonchev–Trinajstić information content (AvgIpc) is 2.73. The van der Waals surface area contributed by atoms with Crippen LogP contribution in [0.25, 0.3) is 0 Å². The van der Waals surface area contributed by atoms with Gasteiger partial charge in [0.25, 0.3) is 11.8 Å². The van der Waals surface area contributed by atoms with Gasteiger partial charge in [-0.15, -0.1) is 0 Å². The van der Waals surface area contributed by atoms with Gasteiger partial charge in [0, 0.05) is 6.42 Å². The molecular weight excluding hydrogens is 268 g/mol. The summed E-state index contributed by atoms with van der Waals surface area (Å²) in [5.74, 6) is -1.02. The fourth-order valence-corrected chi connectivity index (χ4v) is 3.34. The van der Waals surface area contributed by atoms with Gasteiger partial charge in [-0.1, -0.05) is 45.4 Å². The van der Waals surface area contributed by atoms with Gasteiger partial charge in [-0.25, -0.2) is 0 Å². The van der Waals surface area contributed by atoms with Gasteiger partial charge in [0.2, 0.25) is 5.91 Å². The number of fused-ring (bicyclic) bond motifs is 1. The molecule has 2 atom stereocenters. The third-order valence-electron chi connectivity index (χ3n) is 4.59. The Morgan fingerprint density at radius 2 is 1.62 bits per heavy atom. The molecule has 21 heavy (non-hydrogen) atoms. The molecule has 0 radical (unpaired) electrons. The standard InChI is InChI=1S/C16H26N2O3/c1-2-3-4-5-6-11-14(19)17-18-15(20)12-9-7-8-10-13(12)16(18)21/h12-13H,2-11H2,1H3,(H,17,19)/t12-,13+. The van der Waals surface area contributed by atoms with E-state index in [9.17, 15) is 14.4 Å². The normalized spacial score (nSPS) is 25.1. The SMILES string of the molecule is CCCCCCCC(=O)NN1C(=O)[C@H]2CCCC[C@H]2C1=O. The Morgan fingerprint density at radius 1 is 1.05 bits per heavy atom. The fourth-order valence-electron chi connectivity index (χ4n) is 3.34. The van der Waals surface area contributed by atoms with Crippen molar-refractivity contribution in [3.05, 3.63) is 0 Å². The van der Waals surface area contributed by atoms with E-state index >= 15 is 0 Å². The molecule has 2 fully saturated rings. The molecule has 5 nitrogen and oxygen atoms in total. The van der Waals surface area contributed by atoms with E-state index in [0.29, 0.717) is 6.42 Å². The van der Waals surface area contributed by atoms with Crippen LogP contribution in [0.5, 0.6) is 0 Å². The van der Waals surface area contributed by atoms with Gasteiger partial charge in [0.15, 0.2) is 0 Å². The predicted molar refractivity (Wildman–Crippen MR) is 78.8 cm³/mol. The lowest BCUT2D eigenvalue weighted by Gasteiger charge is -2.19. The van der Waals surface area contributed by atoms with Crippen molar-refractivity contribution in [2.24, 2.45) is 11.8 Å². The van der Waals surface area contributed by atoms with Crippen LogP contribution < -0.4 is 5.43 Å². The molecule has 2 aliphatic rings. The summed E-state index contributed by atoms with van der Waals surface area (Å²) in [6.07, 6.45) is 9.27. The fraction of sp³-hybridized carbons (Fsp3) is 0.812. The lowest BCUT2D eigenvalue weighted by atomic mass is 9.81. The second-order valence-corrected chi connectivity index (χ2v) is 6.21. The zero-order chi connectivity index (χ0) is 15.2. The van der Waals surface area contributed by atoms with Crippen LogP contribution in [0.1, 0.15) is 71.1 Å². The first-order valence-corrected chi connectivity index (χ1v) is 8.32. The zero-order valence-electron chi connectivity index (χ0n) is 12.9. The van der Waals surface area contributed by atoms with E-state index < -0.39 is 0 Å². The molecule has 5 heteroatoms. The van der Waals surface area contributed by atoms with Crippen molar-refractivity contribution in [1.82, 2.24) is 10.4 Å². The topological polar surface area (TPSA) is 66.5 Å². The summed E-state index contributed by atoms with van der Waals surface area (Å²) < 4.78 is 0. The number of nitrogens with zero attached hydrogens (tertiary/aromatic N) is 1. The molecule has 0 aromatic rings. The number of hydrazine groups is 1. The first-order chi connectivity index (χ1) is 10.1. The van der Waals surface area contributed by atoms with E-state index in [1.54, 1.807) is 0 Å². The van der Waals surface area contributed by atoms with Crippen molar-refractivity contribution < 1.29 is 14.4 Å². The van der Waals surface area contributed by atoms with E-state index in [2.05, 4.69) is 12.3 Å². The van der Waals surface area contributed by atoms with E-state index in [4.69, 9.17) is 0 Å². The summed E-state index contributed by atoms with van der Waals surface area (Å²) in [6, 6.07) is 0. The summed E-state index contributed by atoms with van der Waals surface area (Å²) in [6.45, 7) is 2.15. The highest BCUT2D eigenvalue weighted by atomic mass is 16.2. The molecule has 1 aliphatic heterocycles. The highest BCUT2D eigenvalue weighted by molar-refractivity contribution is 6.06. The van der Waals surface area contributed by atoms with Gasteiger partial charge < -0.3 is 0 Å². The Labute approximate surface area is 126 Å². The van der Waals surface area contributed by atoms with Crippen LogP contribution in [0.4, 0.5) is 0 Å². The highest BCUT2D eigenvalue weighted by Gasteiger charge is 2.48. The maximum absolute atomic E-state index is 12.2. The Bertz CT molecular complexity index is 384. The van der Waals surface area contributed by atoms with Crippen LogP contribution in [-0.2, 0) is 14.4 Å². The lowest BCUT2D eigenvalue weighted by Crippen LogP contribution is -2.46. The van der Waals surface area contributed by atoms with Gasteiger partial charge >= 0.3 is 0 Å². The Kier molecular flexibility index (Phi) is 5.76. The summed E-state index contributed by atoms with van der Waals surface area (Å²) >= 11 is 0. The maximum atomic E-state index is 12.2. The largest absolute Gasteiger partial charge is 0.273 e. The molecule has 2 rings (SSSR count). The summed E-state index contributed by atoms with van der Waals surface area (Å²) in [5.41, 5.74) is 2.52. The molecule has 0 aromatic carbocycles. The van der Waals surface area contributed by atoms with Crippen molar-refractivity contribution in [2.75, 3.05) is 0 Å². The molecular formula is C16H26N2O3. The molecule has 3 amide bonds. The van der Waals surface area contributed by atoms with Crippen molar-refractivity contribution in [1.29, 1.82) is 0 Å². The maximum Gasteiger partial charge on any atom is 0.252 e. The molecule has 118 valence electrons. The minimum Gasteiger partial charge on any atom is -0.273 e. The second-order valence-electron chi connectivity index (χ2n) is 6.21. The Morgan fingerprint density at radius 3 is 2.19 bits per heavy atom. The van der Waals surface area contributed by atoms with Crippen molar-refractivity contribution in [3.63, 3.8) is 0 Å². The van der Waals surface area contributed by atoms with Crippen molar-refractivity contribution in [3.8, 4) is 0 Å². The van der Waals surface area contributed by atoms with Crippen LogP contribution in [0.3, 0.4) is 0 Å². The van der Waals surface area contributed by atoms with E-state index in [-0.39, 0.29) is 29.6 Å². The van der Waals surface area contributed by atoms with Crippen LogP contribution in [-0.4, -0.2) is 22.7 Å². The van der Waals surface area contributed by atoms with Crippen LogP contribution >= 0.6 is 0 Å². The third kappa shape index (κ3) is 3.83. The number of imide groups is 1. The molecule has 0 aromatic heterocycles. The predicted octanol–water partition coefficient (Wildman–Crippen LogP) is 2.55. The third-order valence-corrected chi connectivity index (χ3v) is 4.59. The first-order valence-electron chi connectivity index (χ1n) is 8.32.